The van der Waals surface area contributed by atoms with Crippen molar-refractivity contribution < 1.29 is 9.59 Å². The number of carbonyl (C=O) groups excluding carboxylic acids is 2. The largest absolute Gasteiger partial charge is 0.347 e. The van der Waals surface area contributed by atoms with Crippen LogP contribution in [0.4, 0.5) is 5.69 Å². The molecule has 2 rings (SSSR count). The van der Waals surface area contributed by atoms with E-state index in [0.29, 0.717) is 17.7 Å². The Kier molecular flexibility index (Phi) is 5.86. The molecule has 0 radical (unpaired) electrons. The van der Waals surface area contributed by atoms with Crippen molar-refractivity contribution >= 4 is 17.5 Å². The van der Waals surface area contributed by atoms with Crippen LogP contribution in [0, 0.1) is 13.8 Å². The summed E-state index contributed by atoms with van der Waals surface area (Å²) in [6.45, 7) is 12.4. The fraction of sp³-hybridized carbons (Fsp3) is 0.364. The summed E-state index contributed by atoms with van der Waals surface area (Å²) in [7, 11) is 0. The van der Waals surface area contributed by atoms with Crippen molar-refractivity contribution in [2.75, 3.05) is 11.4 Å². The second kappa shape index (κ2) is 7.73. The molecule has 0 atom stereocenters. The van der Waals surface area contributed by atoms with E-state index in [4.69, 9.17) is 0 Å². The van der Waals surface area contributed by atoms with Crippen molar-refractivity contribution in [2.24, 2.45) is 0 Å². The molecule has 2 aromatic rings. The maximum absolute atomic E-state index is 12.9. The first kappa shape index (κ1) is 19.7. The second-order valence-electron chi connectivity index (χ2n) is 7.62. The van der Waals surface area contributed by atoms with E-state index in [0.717, 1.165) is 11.3 Å². The van der Waals surface area contributed by atoms with Gasteiger partial charge < -0.3 is 10.2 Å². The highest BCUT2D eigenvalue weighted by Gasteiger charge is 2.19. The van der Waals surface area contributed by atoms with Crippen molar-refractivity contribution in [1.29, 1.82) is 0 Å². The van der Waals surface area contributed by atoms with Gasteiger partial charge in [-0.1, -0.05) is 17.7 Å². The summed E-state index contributed by atoms with van der Waals surface area (Å²) in [4.78, 5) is 26.9. The summed E-state index contributed by atoms with van der Waals surface area (Å²) in [5, 5.41) is 2.92. The third-order valence-electron chi connectivity index (χ3n) is 4.09. The lowest BCUT2D eigenvalue weighted by Gasteiger charge is -2.24. The predicted octanol–water partition coefficient (Wildman–Crippen LogP) is 4.50. The third kappa shape index (κ3) is 4.72. The zero-order valence-corrected chi connectivity index (χ0v) is 16.5. The van der Waals surface area contributed by atoms with Gasteiger partial charge in [0, 0.05) is 28.9 Å². The van der Waals surface area contributed by atoms with Gasteiger partial charge in [-0.2, -0.15) is 0 Å². The molecule has 0 aromatic heterocycles. The Morgan fingerprint density at radius 1 is 0.962 bits per heavy atom. The minimum absolute atomic E-state index is 0.0674. The number of aryl methyl sites for hydroxylation is 2. The Morgan fingerprint density at radius 3 is 2.04 bits per heavy atom. The molecule has 0 aliphatic rings. The van der Waals surface area contributed by atoms with Crippen molar-refractivity contribution in [3.63, 3.8) is 0 Å². The topological polar surface area (TPSA) is 49.4 Å². The van der Waals surface area contributed by atoms with Gasteiger partial charge in [0.2, 0.25) is 0 Å². The molecule has 4 nitrogen and oxygen atoms in total. The van der Waals surface area contributed by atoms with Crippen LogP contribution in [0.3, 0.4) is 0 Å². The Labute approximate surface area is 156 Å². The van der Waals surface area contributed by atoms with E-state index < -0.39 is 0 Å². The fourth-order valence-electron chi connectivity index (χ4n) is 2.86. The summed E-state index contributed by atoms with van der Waals surface area (Å²) in [5.74, 6) is -0.208. The van der Waals surface area contributed by atoms with Gasteiger partial charge in [-0.15, -0.1) is 0 Å². The highest BCUT2D eigenvalue weighted by Crippen LogP contribution is 2.23. The molecule has 138 valence electrons. The number of nitrogens with one attached hydrogen (secondary N) is 1. The Morgan fingerprint density at radius 2 is 1.54 bits per heavy atom. The maximum Gasteiger partial charge on any atom is 0.258 e. The van der Waals surface area contributed by atoms with Crippen molar-refractivity contribution in [3.05, 3.63) is 64.7 Å². The molecule has 0 fully saturated rings. The van der Waals surface area contributed by atoms with Gasteiger partial charge in [-0.25, -0.2) is 0 Å². The summed E-state index contributed by atoms with van der Waals surface area (Å²) in [6.07, 6.45) is 0. The Bertz CT molecular complexity index is 802. The lowest BCUT2D eigenvalue weighted by molar-refractivity contribution is 0.0917. The monoisotopic (exact) mass is 352 g/mol. The van der Waals surface area contributed by atoms with E-state index in [9.17, 15) is 9.59 Å². The molecule has 0 saturated heterocycles. The molecule has 0 bridgehead atoms. The number of amides is 2. The van der Waals surface area contributed by atoms with Crippen LogP contribution in [0.25, 0.3) is 0 Å². The molecular formula is C22H28N2O2. The lowest BCUT2D eigenvalue weighted by Crippen LogP contribution is -2.40. The molecule has 2 amide bonds. The molecule has 26 heavy (non-hydrogen) atoms. The van der Waals surface area contributed by atoms with Gasteiger partial charge in [0.1, 0.15) is 0 Å². The molecule has 0 spiro atoms. The standard InChI is InChI=1S/C22H28N2O2/c1-7-24(19-13-8-15(2)14-16(19)3)21(26)18-11-9-17(10-12-18)20(25)23-22(4,5)6/h8-14H,7H2,1-6H3,(H,23,25). The molecule has 2 aromatic carbocycles. The van der Waals surface area contributed by atoms with Crippen LogP contribution in [0.15, 0.2) is 42.5 Å². The van der Waals surface area contributed by atoms with Gasteiger partial charge in [-0.3, -0.25) is 9.59 Å². The number of carbonyl (C=O) groups is 2. The molecule has 0 unspecified atom stereocenters. The molecule has 0 aliphatic carbocycles. The van der Waals surface area contributed by atoms with Crippen LogP contribution in [-0.2, 0) is 0 Å². The van der Waals surface area contributed by atoms with Gasteiger partial charge in [0.15, 0.2) is 0 Å². The first-order valence-electron chi connectivity index (χ1n) is 8.94. The highest BCUT2D eigenvalue weighted by molar-refractivity contribution is 6.07. The van der Waals surface area contributed by atoms with Crippen LogP contribution >= 0.6 is 0 Å². The van der Waals surface area contributed by atoms with Crippen molar-refractivity contribution in [2.45, 2.75) is 47.1 Å². The van der Waals surface area contributed by atoms with E-state index in [1.54, 1.807) is 29.2 Å². The molecule has 0 aliphatic heterocycles. The summed E-state index contributed by atoms with van der Waals surface area (Å²) in [6, 6.07) is 12.9. The van der Waals surface area contributed by atoms with Gasteiger partial charge in [0.05, 0.1) is 0 Å². The molecule has 0 saturated carbocycles. The SMILES string of the molecule is CCN(C(=O)c1ccc(C(=O)NC(C)(C)C)cc1)c1ccc(C)cc1C. The number of hydrogen-bond acceptors (Lipinski definition) is 2. The van der Waals surface area contributed by atoms with E-state index in [1.165, 1.54) is 5.56 Å². The first-order chi connectivity index (χ1) is 12.1. The molecule has 1 N–H and O–H groups in total. The van der Waals surface area contributed by atoms with Crippen LogP contribution in [0.2, 0.25) is 0 Å². The maximum atomic E-state index is 12.9. The van der Waals surface area contributed by atoms with E-state index >= 15 is 0 Å². The lowest BCUT2D eigenvalue weighted by atomic mass is 10.1. The quantitative estimate of drug-likeness (QED) is 0.881. The van der Waals surface area contributed by atoms with E-state index in [2.05, 4.69) is 11.4 Å². The average Bonchev–Trinajstić information content (AvgIpc) is 2.55. The summed E-state index contributed by atoms with van der Waals surface area (Å²) < 4.78 is 0. The van der Waals surface area contributed by atoms with Gasteiger partial charge >= 0.3 is 0 Å². The van der Waals surface area contributed by atoms with Crippen LogP contribution in [0.5, 0.6) is 0 Å². The van der Waals surface area contributed by atoms with Crippen molar-refractivity contribution in [3.8, 4) is 0 Å². The minimum atomic E-state index is -0.298. The molecular weight excluding hydrogens is 324 g/mol. The predicted molar refractivity (Wildman–Crippen MR) is 107 cm³/mol. The first-order valence-corrected chi connectivity index (χ1v) is 8.94. The van der Waals surface area contributed by atoms with Gasteiger partial charge in [0.25, 0.3) is 11.8 Å². The zero-order valence-electron chi connectivity index (χ0n) is 16.5. The molecule has 4 heteroatoms. The number of hydrogen-bond donors (Lipinski definition) is 1. The highest BCUT2D eigenvalue weighted by atomic mass is 16.2. The minimum Gasteiger partial charge on any atom is -0.347 e. The van der Waals surface area contributed by atoms with E-state index in [1.807, 2.05) is 53.7 Å². The summed E-state index contributed by atoms with van der Waals surface area (Å²) >= 11 is 0. The van der Waals surface area contributed by atoms with Crippen molar-refractivity contribution in [1.82, 2.24) is 5.32 Å². The Hall–Kier alpha value is -2.62. The number of nitrogens with zero attached hydrogens (tertiary/aromatic N) is 1. The van der Waals surface area contributed by atoms with Gasteiger partial charge in [-0.05, 0) is 77.4 Å². The van der Waals surface area contributed by atoms with Crippen LogP contribution in [-0.4, -0.2) is 23.9 Å². The van der Waals surface area contributed by atoms with E-state index in [-0.39, 0.29) is 17.4 Å². The van der Waals surface area contributed by atoms with Crippen LogP contribution in [0.1, 0.15) is 59.5 Å². The normalized spacial score (nSPS) is 11.2. The number of benzene rings is 2. The third-order valence-corrected chi connectivity index (χ3v) is 4.09. The summed E-state index contributed by atoms with van der Waals surface area (Å²) in [5.41, 5.74) is 3.97. The Balaban J connectivity index is 2.24. The second-order valence-corrected chi connectivity index (χ2v) is 7.62. The number of anilines is 1. The van der Waals surface area contributed by atoms with Crippen LogP contribution < -0.4 is 10.2 Å². The smallest absolute Gasteiger partial charge is 0.258 e. The zero-order chi connectivity index (χ0) is 19.5. The molecule has 0 heterocycles. The average molecular weight is 352 g/mol. The fourth-order valence-corrected chi connectivity index (χ4v) is 2.86. The number of rotatable bonds is 4.